The molecule has 1 heterocycles. The van der Waals surface area contributed by atoms with E-state index >= 15 is 0 Å². The van der Waals surface area contributed by atoms with Gasteiger partial charge >= 0.3 is 0 Å². The normalized spacial score (nSPS) is 16.4. The van der Waals surface area contributed by atoms with Gasteiger partial charge in [-0.15, -0.1) is 0 Å². The Morgan fingerprint density at radius 3 is 2.47 bits per heavy atom. The van der Waals surface area contributed by atoms with E-state index in [2.05, 4.69) is 5.32 Å². The lowest BCUT2D eigenvalue weighted by Crippen LogP contribution is -2.48. The maximum atomic E-state index is 12.8. The second-order valence-electron chi connectivity index (χ2n) is 7.14. The van der Waals surface area contributed by atoms with Crippen LogP contribution in [0.25, 0.3) is 0 Å². The van der Waals surface area contributed by atoms with Gasteiger partial charge in [-0.25, -0.2) is 16.8 Å². The quantitative estimate of drug-likeness (QED) is 0.735. The van der Waals surface area contributed by atoms with Gasteiger partial charge in [0, 0.05) is 12.7 Å². The van der Waals surface area contributed by atoms with Crippen LogP contribution in [0.1, 0.15) is 5.56 Å². The van der Waals surface area contributed by atoms with Crippen molar-refractivity contribution in [3.8, 4) is 5.75 Å². The number of hydrogen-bond donors (Lipinski definition) is 1. The summed E-state index contributed by atoms with van der Waals surface area (Å²) >= 11 is 0. The number of nitrogens with one attached hydrogen (secondary N) is 1. The molecule has 2 aromatic rings. The Hall–Kier alpha value is -2.79. The molecule has 3 rings (SSSR count). The summed E-state index contributed by atoms with van der Waals surface area (Å²) in [7, 11) is -5.68. The molecule has 1 N–H and O–H groups in total. The Morgan fingerprint density at radius 2 is 1.83 bits per heavy atom. The summed E-state index contributed by atoms with van der Waals surface area (Å²) in [5, 5.41) is 2.67. The van der Waals surface area contributed by atoms with Crippen molar-refractivity contribution in [1.29, 1.82) is 0 Å². The molecule has 162 valence electrons. The summed E-state index contributed by atoms with van der Waals surface area (Å²) in [5.41, 5.74) is 1.98. The number of aryl methyl sites for hydroxylation is 1. The van der Waals surface area contributed by atoms with Crippen molar-refractivity contribution in [1.82, 2.24) is 0 Å². The highest BCUT2D eigenvalue weighted by molar-refractivity contribution is 7.92. The van der Waals surface area contributed by atoms with Gasteiger partial charge in [0.25, 0.3) is 5.91 Å². The fraction of sp³-hybridized carbons (Fsp3) is 0.316. The fourth-order valence-corrected chi connectivity index (χ4v) is 4.41. The molecule has 1 aliphatic heterocycles. The van der Waals surface area contributed by atoms with Crippen molar-refractivity contribution in [3.05, 3.63) is 48.0 Å². The van der Waals surface area contributed by atoms with Gasteiger partial charge < -0.3 is 10.1 Å². The van der Waals surface area contributed by atoms with E-state index in [-0.39, 0.29) is 6.54 Å². The molecule has 0 bridgehead atoms. The minimum absolute atomic E-state index is 0.177. The zero-order valence-electron chi connectivity index (χ0n) is 17.0. The second-order valence-corrected chi connectivity index (χ2v) is 11.1. The first-order valence-electron chi connectivity index (χ1n) is 8.96. The highest BCUT2D eigenvalue weighted by Gasteiger charge is 2.35. The largest absolute Gasteiger partial charge is 0.476 e. The van der Waals surface area contributed by atoms with Crippen LogP contribution in [0.3, 0.4) is 0 Å². The third kappa shape index (κ3) is 4.68. The number of carbonyl (C=O) groups is 1. The molecule has 1 atom stereocenters. The van der Waals surface area contributed by atoms with Gasteiger partial charge in [0.15, 0.2) is 6.10 Å². The summed E-state index contributed by atoms with van der Waals surface area (Å²) in [6.07, 6.45) is 1.07. The molecule has 0 spiro atoms. The van der Waals surface area contributed by atoms with Crippen LogP contribution in [0.2, 0.25) is 0 Å². The number of anilines is 3. The van der Waals surface area contributed by atoms with Gasteiger partial charge in [-0.3, -0.25) is 13.4 Å². The molecule has 0 unspecified atom stereocenters. The Morgan fingerprint density at radius 1 is 1.13 bits per heavy atom. The molecule has 0 aromatic heterocycles. The van der Waals surface area contributed by atoms with Crippen molar-refractivity contribution < 1.29 is 26.4 Å². The van der Waals surface area contributed by atoms with Gasteiger partial charge in [-0.1, -0.05) is 12.1 Å². The first kappa shape index (κ1) is 21.9. The minimum atomic E-state index is -3.63. The summed E-state index contributed by atoms with van der Waals surface area (Å²) in [6.45, 7) is 1.66. The van der Waals surface area contributed by atoms with Crippen molar-refractivity contribution >= 4 is 43.0 Å². The topological polar surface area (TPSA) is 113 Å². The van der Waals surface area contributed by atoms with Gasteiger partial charge in [0.1, 0.15) is 5.75 Å². The summed E-state index contributed by atoms with van der Waals surface area (Å²) in [5.74, 6) is -0.253. The molecule has 30 heavy (non-hydrogen) atoms. The lowest BCUT2D eigenvalue weighted by atomic mass is 10.1. The lowest BCUT2D eigenvalue weighted by molar-refractivity contribution is -0.122. The highest BCUT2D eigenvalue weighted by atomic mass is 32.2. The number of nitrogens with zero attached hydrogens (tertiary/aromatic N) is 2. The van der Waals surface area contributed by atoms with Gasteiger partial charge in [0.05, 0.1) is 30.4 Å². The zero-order valence-corrected chi connectivity index (χ0v) is 18.6. The van der Waals surface area contributed by atoms with Gasteiger partial charge in [-0.2, -0.15) is 0 Å². The number of fused-ring (bicyclic) bond motifs is 1. The van der Waals surface area contributed by atoms with Crippen LogP contribution in [0.4, 0.5) is 17.1 Å². The first-order chi connectivity index (χ1) is 13.9. The predicted octanol–water partition coefficient (Wildman–Crippen LogP) is 1.56. The first-order valence-corrected chi connectivity index (χ1v) is 12.7. The van der Waals surface area contributed by atoms with E-state index in [1.807, 2.05) is 6.92 Å². The third-order valence-corrected chi connectivity index (χ3v) is 7.00. The Bertz CT molecular complexity index is 1190. The van der Waals surface area contributed by atoms with Crippen LogP contribution in [0, 0.1) is 6.92 Å². The maximum Gasteiger partial charge on any atom is 0.267 e. The smallest absolute Gasteiger partial charge is 0.267 e. The number of sulfonamides is 2. The Labute approximate surface area is 176 Å². The molecular weight excluding hydrogens is 430 g/mol. The monoisotopic (exact) mass is 453 g/mol. The molecule has 11 heteroatoms. The SMILES string of the molecule is Cc1ccc2c(c1)N(S(C)(=O)=O)C[C@H](C(=O)Nc1cccc(N(C)S(C)(=O)=O)c1)O2. The van der Waals surface area contributed by atoms with E-state index in [1.165, 1.54) is 13.1 Å². The molecular formula is C19H23N3O6S2. The fourth-order valence-electron chi connectivity index (χ4n) is 3.01. The second kappa shape index (κ2) is 7.80. The van der Waals surface area contributed by atoms with Crippen LogP contribution in [0.15, 0.2) is 42.5 Å². The molecule has 0 aliphatic carbocycles. The number of rotatable bonds is 5. The van der Waals surface area contributed by atoms with Gasteiger partial charge in [0.2, 0.25) is 20.0 Å². The van der Waals surface area contributed by atoms with Crippen molar-refractivity contribution in [2.45, 2.75) is 13.0 Å². The summed E-state index contributed by atoms with van der Waals surface area (Å²) < 4.78 is 56.0. The predicted molar refractivity (Wildman–Crippen MR) is 116 cm³/mol. The van der Waals surface area contributed by atoms with Crippen LogP contribution < -0.4 is 18.7 Å². The summed E-state index contributed by atoms with van der Waals surface area (Å²) in [4.78, 5) is 12.8. The zero-order chi connectivity index (χ0) is 22.3. The summed E-state index contributed by atoms with van der Waals surface area (Å²) in [6, 6.07) is 11.4. The van der Waals surface area contributed by atoms with E-state index in [0.29, 0.717) is 22.8 Å². The number of hydrogen-bond acceptors (Lipinski definition) is 6. The number of amides is 1. The molecule has 0 saturated carbocycles. The standard InChI is InChI=1S/C19H23N3O6S2/c1-13-8-9-17-16(10-13)22(30(4,26)27)12-18(28-17)19(23)20-14-6-5-7-15(11-14)21(2)29(3,24)25/h5-11,18H,12H2,1-4H3,(H,20,23)/t18-/m1/s1. The van der Waals surface area contributed by atoms with Crippen molar-refractivity contribution in [2.24, 2.45) is 0 Å². The van der Waals surface area contributed by atoms with Crippen LogP contribution >= 0.6 is 0 Å². The number of benzene rings is 2. The van der Waals surface area contributed by atoms with Gasteiger partial charge in [-0.05, 0) is 42.8 Å². The van der Waals surface area contributed by atoms with Crippen LogP contribution in [-0.2, 0) is 24.8 Å². The van der Waals surface area contributed by atoms with Crippen LogP contribution in [0.5, 0.6) is 5.75 Å². The minimum Gasteiger partial charge on any atom is -0.476 e. The van der Waals surface area contributed by atoms with Crippen molar-refractivity contribution in [3.63, 3.8) is 0 Å². The molecule has 9 nitrogen and oxygen atoms in total. The molecule has 0 saturated heterocycles. The third-order valence-electron chi connectivity index (χ3n) is 4.65. The number of ether oxygens (including phenoxy) is 1. The van der Waals surface area contributed by atoms with E-state index in [1.54, 1.807) is 36.4 Å². The Kier molecular flexibility index (Phi) is 5.70. The van der Waals surface area contributed by atoms with E-state index in [9.17, 15) is 21.6 Å². The van der Waals surface area contributed by atoms with E-state index in [4.69, 9.17) is 4.74 Å². The maximum absolute atomic E-state index is 12.8. The van der Waals surface area contributed by atoms with Crippen LogP contribution in [-0.4, -0.2) is 55.0 Å². The molecule has 0 fully saturated rings. The van der Waals surface area contributed by atoms with E-state index < -0.39 is 32.1 Å². The van der Waals surface area contributed by atoms with E-state index in [0.717, 1.165) is 26.7 Å². The average Bonchev–Trinajstić information content (AvgIpc) is 2.65. The molecule has 2 aromatic carbocycles. The Balaban J connectivity index is 1.85. The highest BCUT2D eigenvalue weighted by Crippen LogP contribution is 2.36. The molecule has 0 radical (unpaired) electrons. The molecule has 1 amide bonds. The average molecular weight is 454 g/mol. The van der Waals surface area contributed by atoms with Crippen molar-refractivity contribution in [2.75, 3.05) is 40.0 Å². The molecule has 1 aliphatic rings. The number of carbonyl (C=O) groups excluding carboxylic acids is 1. The lowest BCUT2D eigenvalue weighted by Gasteiger charge is -2.34.